The molecule has 4 heterocycles. The van der Waals surface area contributed by atoms with Crippen LogP contribution < -0.4 is 21.1 Å². The number of hydrogen-bond acceptors (Lipinski definition) is 8. The number of ether oxygens (including phenoxy) is 1. The van der Waals surface area contributed by atoms with Gasteiger partial charge in [-0.05, 0) is 51.1 Å². The molecule has 1 amide bonds. The smallest absolute Gasteiger partial charge is 0.274 e. The van der Waals surface area contributed by atoms with Crippen LogP contribution in [0.5, 0.6) is 5.75 Å². The fourth-order valence-electron chi connectivity index (χ4n) is 4.45. The minimum absolute atomic E-state index is 0.231. The third-order valence-electron chi connectivity index (χ3n) is 6.13. The van der Waals surface area contributed by atoms with Gasteiger partial charge in [0.05, 0.1) is 29.9 Å². The van der Waals surface area contributed by atoms with E-state index >= 15 is 0 Å². The Morgan fingerprint density at radius 2 is 2.00 bits per heavy atom. The number of nitrogens with zero attached hydrogens (tertiary/aromatic N) is 6. The molecule has 0 bridgehead atoms. The number of fused-ring (bicyclic) bond motifs is 1. The fourth-order valence-corrected chi connectivity index (χ4v) is 4.45. The summed E-state index contributed by atoms with van der Waals surface area (Å²) in [6, 6.07) is 7.48. The minimum Gasteiger partial charge on any atom is -0.495 e. The molecular formula is C23H27N9O2. The number of benzene rings is 1. The molecule has 0 atom stereocenters. The molecule has 4 N–H and O–H groups in total. The molecular weight excluding hydrogens is 434 g/mol. The van der Waals surface area contributed by atoms with Crippen LogP contribution in [0.4, 0.5) is 11.5 Å². The molecule has 0 saturated carbocycles. The van der Waals surface area contributed by atoms with Crippen molar-refractivity contribution in [1.29, 1.82) is 0 Å². The standard InChI is InChI=1S/C23H27N9O2/c1-13-10-17(31(2)29-13)23(33)28-16-5-4-14(11-18(16)34-3)20-19-21(24)26-12-27-22(19)32(30-20)15-6-8-25-9-7-15/h4-5,10-12,15,25H,6-9H2,1-3H3,(H,28,33)(H2,24,26,27). The van der Waals surface area contributed by atoms with Crippen molar-refractivity contribution in [3.05, 3.63) is 42.0 Å². The molecule has 11 heteroatoms. The highest BCUT2D eigenvalue weighted by atomic mass is 16.5. The van der Waals surface area contributed by atoms with E-state index in [9.17, 15) is 4.79 Å². The number of rotatable bonds is 5. The summed E-state index contributed by atoms with van der Waals surface area (Å²) in [7, 11) is 3.30. The van der Waals surface area contributed by atoms with E-state index in [1.54, 1.807) is 31.0 Å². The molecule has 1 aliphatic rings. The highest BCUT2D eigenvalue weighted by Crippen LogP contribution is 2.37. The number of nitrogens with one attached hydrogen (secondary N) is 2. The van der Waals surface area contributed by atoms with Gasteiger partial charge in [-0.3, -0.25) is 9.48 Å². The minimum atomic E-state index is -0.271. The van der Waals surface area contributed by atoms with Gasteiger partial charge in [0.1, 0.15) is 29.3 Å². The number of carbonyl (C=O) groups excluding carboxylic acids is 1. The van der Waals surface area contributed by atoms with Gasteiger partial charge in [-0.2, -0.15) is 10.2 Å². The molecule has 1 saturated heterocycles. The highest BCUT2D eigenvalue weighted by Gasteiger charge is 2.24. The van der Waals surface area contributed by atoms with E-state index in [4.69, 9.17) is 15.6 Å². The summed E-state index contributed by atoms with van der Waals surface area (Å²) >= 11 is 0. The van der Waals surface area contributed by atoms with Crippen LogP contribution in [0.1, 0.15) is 35.1 Å². The van der Waals surface area contributed by atoms with Gasteiger partial charge in [0.2, 0.25) is 0 Å². The Morgan fingerprint density at radius 3 is 2.71 bits per heavy atom. The number of aryl methyl sites for hydroxylation is 2. The van der Waals surface area contributed by atoms with Crippen LogP contribution in [0.25, 0.3) is 22.3 Å². The van der Waals surface area contributed by atoms with Gasteiger partial charge in [-0.15, -0.1) is 0 Å². The van der Waals surface area contributed by atoms with Crippen molar-refractivity contribution < 1.29 is 9.53 Å². The van der Waals surface area contributed by atoms with Gasteiger partial charge >= 0.3 is 0 Å². The first-order valence-electron chi connectivity index (χ1n) is 11.2. The maximum atomic E-state index is 12.8. The predicted octanol–water partition coefficient (Wildman–Crippen LogP) is 2.30. The molecule has 4 aromatic rings. The van der Waals surface area contributed by atoms with Gasteiger partial charge in [-0.25, -0.2) is 14.6 Å². The van der Waals surface area contributed by atoms with Gasteiger partial charge in [0, 0.05) is 12.6 Å². The Hall–Kier alpha value is -3.99. The Kier molecular flexibility index (Phi) is 5.62. The van der Waals surface area contributed by atoms with Gasteiger partial charge in [-0.1, -0.05) is 6.07 Å². The van der Waals surface area contributed by atoms with Crippen molar-refractivity contribution in [2.75, 3.05) is 31.2 Å². The first-order valence-corrected chi connectivity index (χ1v) is 11.2. The third kappa shape index (κ3) is 3.83. The van der Waals surface area contributed by atoms with E-state index in [-0.39, 0.29) is 11.9 Å². The molecule has 11 nitrogen and oxygen atoms in total. The van der Waals surface area contributed by atoms with Crippen LogP contribution in [-0.4, -0.2) is 55.6 Å². The van der Waals surface area contributed by atoms with Crippen LogP contribution in [-0.2, 0) is 7.05 Å². The lowest BCUT2D eigenvalue weighted by atomic mass is 10.1. The third-order valence-corrected chi connectivity index (χ3v) is 6.13. The number of hydrogen-bond donors (Lipinski definition) is 3. The zero-order chi connectivity index (χ0) is 23.8. The molecule has 1 aromatic carbocycles. The largest absolute Gasteiger partial charge is 0.495 e. The SMILES string of the molecule is COc1cc(-c2nn(C3CCNCC3)c3ncnc(N)c23)ccc1NC(=O)c1cc(C)nn1C. The number of methoxy groups -OCH3 is 1. The van der Waals surface area contributed by atoms with E-state index in [0.717, 1.165) is 42.8 Å². The van der Waals surface area contributed by atoms with E-state index in [2.05, 4.69) is 25.7 Å². The van der Waals surface area contributed by atoms with Crippen molar-refractivity contribution in [3.63, 3.8) is 0 Å². The first kappa shape index (κ1) is 21.8. The topological polar surface area (TPSA) is 138 Å². The second-order valence-corrected chi connectivity index (χ2v) is 8.40. The molecule has 0 radical (unpaired) electrons. The normalized spacial score (nSPS) is 14.4. The molecule has 0 aliphatic carbocycles. The number of amides is 1. The average Bonchev–Trinajstić information content (AvgIpc) is 3.40. The maximum Gasteiger partial charge on any atom is 0.274 e. The lowest BCUT2D eigenvalue weighted by Gasteiger charge is -2.23. The average molecular weight is 462 g/mol. The van der Waals surface area contributed by atoms with Crippen molar-refractivity contribution in [2.24, 2.45) is 7.05 Å². The van der Waals surface area contributed by atoms with E-state index in [1.165, 1.54) is 6.33 Å². The number of aromatic nitrogens is 6. The van der Waals surface area contributed by atoms with Crippen LogP contribution in [0, 0.1) is 6.92 Å². The van der Waals surface area contributed by atoms with Crippen molar-refractivity contribution in [1.82, 2.24) is 34.8 Å². The molecule has 0 unspecified atom stereocenters. The van der Waals surface area contributed by atoms with Crippen molar-refractivity contribution >= 4 is 28.4 Å². The summed E-state index contributed by atoms with van der Waals surface area (Å²) in [5, 5.41) is 16.2. The lowest BCUT2D eigenvalue weighted by molar-refractivity contribution is 0.101. The van der Waals surface area contributed by atoms with Crippen molar-refractivity contribution in [2.45, 2.75) is 25.8 Å². The Morgan fingerprint density at radius 1 is 1.21 bits per heavy atom. The van der Waals surface area contributed by atoms with Crippen molar-refractivity contribution in [3.8, 4) is 17.0 Å². The summed E-state index contributed by atoms with van der Waals surface area (Å²) in [4.78, 5) is 21.5. The number of carbonyl (C=O) groups is 1. The Balaban J connectivity index is 1.53. The molecule has 1 aliphatic heterocycles. The second kappa shape index (κ2) is 8.75. The van der Waals surface area contributed by atoms with E-state index in [0.29, 0.717) is 34.0 Å². The van der Waals surface area contributed by atoms with Gasteiger partial charge in [0.25, 0.3) is 5.91 Å². The van der Waals surface area contributed by atoms with Crippen LogP contribution in [0.3, 0.4) is 0 Å². The zero-order valence-corrected chi connectivity index (χ0v) is 19.4. The van der Waals surface area contributed by atoms with E-state index in [1.807, 2.05) is 23.7 Å². The Bertz CT molecular complexity index is 1370. The van der Waals surface area contributed by atoms with Crippen LogP contribution >= 0.6 is 0 Å². The summed E-state index contributed by atoms with van der Waals surface area (Å²) < 4.78 is 9.12. The summed E-state index contributed by atoms with van der Waals surface area (Å²) in [5.41, 5.74) is 10.2. The summed E-state index contributed by atoms with van der Waals surface area (Å²) in [6.07, 6.45) is 3.39. The fraction of sp³-hybridized carbons (Fsp3) is 0.348. The molecule has 1 fully saturated rings. The molecule has 5 rings (SSSR count). The number of nitrogen functional groups attached to an aromatic ring is 1. The van der Waals surface area contributed by atoms with Gasteiger partial charge < -0.3 is 21.1 Å². The predicted molar refractivity (Wildman–Crippen MR) is 129 cm³/mol. The first-order chi connectivity index (χ1) is 16.5. The molecule has 176 valence electrons. The quantitative estimate of drug-likeness (QED) is 0.412. The van der Waals surface area contributed by atoms with Gasteiger partial charge in [0.15, 0.2) is 5.65 Å². The number of piperidine rings is 1. The number of anilines is 2. The molecule has 34 heavy (non-hydrogen) atoms. The number of nitrogens with two attached hydrogens (primary N) is 1. The zero-order valence-electron chi connectivity index (χ0n) is 19.4. The maximum absolute atomic E-state index is 12.8. The Labute approximate surface area is 196 Å². The molecule has 0 spiro atoms. The summed E-state index contributed by atoms with van der Waals surface area (Å²) in [5.74, 6) is 0.611. The van der Waals surface area contributed by atoms with E-state index < -0.39 is 0 Å². The molecule has 3 aromatic heterocycles. The van der Waals surface area contributed by atoms with Crippen LogP contribution in [0.15, 0.2) is 30.6 Å². The second-order valence-electron chi connectivity index (χ2n) is 8.40. The highest BCUT2D eigenvalue weighted by molar-refractivity contribution is 6.04. The monoisotopic (exact) mass is 461 g/mol. The summed E-state index contributed by atoms with van der Waals surface area (Å²) in [6.45, 7) is 3.70. The van der Waals surface area contributed by atoms with Crippen LogP contribution in [0.2, 0.25) is 0 Å². The lowest BCUT2D eigenvalue weighted by Crippen LogP contribution is -2.30.